The summed E-state index contributed by atoms with van der Waals surface area (Å²) in [5.41, 5.74) is 1.73. The van der Waals surface area contributed by atoms with Crippen LogP contribution in [0.1, 0.15) is 31.7 Å². The summed E-state index contributed by atoms with van der Waals surface area (Å²) in [7, 11) is 0. The fourth-order valence-corrected chi connectivity index (χ4v) is 1.65. The fourth-order valence-electron chi connectivity index (χ4n) is 1.65. The monoisotopic (exact) mass is 205 g/mol. The molecular weight excluding hydrogens is 190 g/mol. The van der Waals surface area contributed by atoms with Crippen molar-refractivity contribution in [3.63, 3.8) is 0 Å². The van der Waals surface area contributed by atoms with Crippen molar-refractivity contribution < 1.29 is 0 Å². The Hall–Kier alpha value is -1.58. The first kappa shape index (κ1) is 9.96. The fraction of sp³-hybridized carbons (Fsp3) is 0.455. The van der Waals surface area contributed by atoms with Crippen LogP contribution in [0.4, 0.5) is 0 Å². The number of nitrogens with zero attached hydrogens (tertiary/aromatic N) is 2. The summed E-state index contributed by atoms with van der Waals surface area (Å²) in [6, 6.07) is 3.61. The Labute approximate surface area is 87.9 Å². The molecule has 0 unspecified atom stereocenters. The molecule has 0 saturated carbocycles. The van der Waals surface area contributed by atoms with Crippen molar-refractivity contribution in [1.29, 1.82) is 0 Å². The number of aryl methyl sites for hydroxylation is 2. The molecule has 0 aliphatic heterocycles. The molecule has 0 aromatic carbocycles. The summed E-state index contributed by atoms with van der Waals surface area (Å²) in [6.07, 6.45) is 2.76. The van der Waals surface area contributed by atoms with Gasteiger partial charge in [0.1, 0.15) is 5.82 Å². The van der Waals surface area contributed by atoms with Crippen LogP contribution in [0.2, 0.25) is 0 Å². The Kier molecular flexibility index (Phi) is 2.58. The number of hydrogen-bond donors (Lipinski definition) is 1. The van der Waals surface area contributed by atoms with Crippen LogP contribution >= 0.6 is 0 Å². The maximum absolute atomic E-state index is 11.7. The van der Waals surface area contributed by atoms with Gasteiger partial charge in [-0.2, -0.15) is 0 Å². The topological polar surface area (TPSA) is 50.2 Å². The standard InChI is InChI=1S/C11H15N3O/c1-3-5-9-12-10-6-8(4-2)7-11(15)14(10)13-9/h6-7H,3-5H2,1-2H3,(H,12,13). The largest absolute Gasteiger partial charge is 0.276 e. The molecule has 0 saturated heterocycles. The zero-order chi connectivity index (χ0) is 10.8. The third-order valence-electron chi connectivity index (χ3n) is 2.46. The number of aromatic amines is 1. The lowest BCUT2D eigenvalue weighted by Gasteiger charge is -1.95. The summed E-state index contributed by atoms with van der Waals surface area (Å²) >= 11 is 0. The van der Waals surface area contributed by atoms with Crippen LogP contribution < -0.4 is 5.56 Å². The summed E-state index contributed by atoms with van der Waals surface area (Å²) in [5, 5.41) is 3.01. The molecule has 1 N–H and O–H groups in total. The van der Waals surface area contributed by atoms with Gasteiger partial charge in [0.2, 0.25) is 0 Å². The lowest BCUT2D eigenvalue weighted by Crippen LogP contribution is -2.13. The normalized spacial score (nSPS) is 11.1. The maximum Gasteiger partial charge on any atom is 0.271 e. The Morgan fingerprint density at radius 3 is 2.87 bits per heavy atom. The molecule has 2 aromatic heterocycles. The molecule has 0 atom stereocenters. The molecule has 0 radical (unpaired) electrons. The molecule has 4 nitrogen and oxygen atoms in total. The Morgan fingerprint density at radius 2 is 2.20 bits per heavy atom. The first-order valence-corrected chi connectivity index (χ1v) is 5.35. The second-order valence-corrected chi connectivity index (χ2v) is 3.67. The number of aromatic nitrogens is 3. The van der Waals surface area contributed by atoms with Crippen LogP contribution in [0.25, 0.3) is 5.65 Å². The van der Waals surface area contributed by atoms with Crippen LogP contribution in [0.3, 0.4) is 0 Å². The Morgan fingerprint density at radius 1 is 1.40 bits per heavy atom. The molecular formula is C11H15N3O. The molecule has 0 amide bonds. The minimum atomic E-state index is -0.0285. The van der Waals surface area contributed by atoms with Gasteiger partial charge in [-0.15, -0.1) is 0 Å². The molecule has 0 fully saturated rings. The predicted octanol–water partition coefficient (Wildman–Crippen LogP) is 1.54. The van der Waals surface area contributed by atoms with Gasteiger partial charge >= 0.3 is 0 Å². The smallest absolute Gasteiger partial charge is 0.271 e. The lowest BCUT2D eigenvalue weighted by atomic mass is 10.2. The third-order valence-corrected chi connectivity index (χ3v) is 2.46. The molecule has 0 aliphatic rings. The molecule has 2 aromatic rings. The van der Waals surface area contributed by atoms with E-state index in [0.717, 1.165) is 36.3 Å². The lowest BCUT2D eigenvalue weighted by molar-refractivity contribution is 0.807. The van der Waals surface area contributed by atoms with Crippen molar-refractivity contribution in [2.24, 2.45) is 0 Å². The highest BCUT2D eigenvalue weighted by atomic mass is 16.1. The van der Waals surface area contributed by atoms with E-state index >= 15 is 0 Å². The van der Waals surface area contributed by atoms with E-state index in [1.807, 2.05) is 13.0 Å². The molecule has 4 heteroatoms. The predicted molar refractivity (Wildman–Crippen MR) is 59.2 cm³/mol. The summed E-state index contributed by atoms with van der Waals surface area (Å²) in [4.78, 5) is 16.0. The number of H-pyrrole nitrogens is 1. The van der Waals surface area contributed by atoms with Gasteiger partial charge in [-0.1, -0.05) is 13.8 Å². The second-order valence-electron chi connectivity index (χ2n) is 3.67. The number of rotatable bonds is 3. The van der Waals surface area contributed by atoms with E-state index in [1.165, 1.54) is 4.52 Å². The SMILES string of the molecule is CCCc1nc2cc(CC)cc(=O)n2[nH]1. The highest BCUT2D eigenvalue weighted by Crippen LogP contribution is 2.04. The van der Waals surface area contributed by atoms with E-state index in [4.69, 9.17) is 0 Å². The van der Waals surface area contributed by atoms with E-state index in [9.17, 15) is 4.79 Å². The molecule has 15 heavy (non-hydrogen) atoms. The van der Waals surface area contributed by atoms with Crippen LogP contribution in [-0.4, -0.2) is 14.6 Å². The minimum absolute atomic E-state index is 0.0285. The van der Waals surface area contributed by atoms with Gasteiger partial charge in [-0.05, 0) is 24.5 Å². The van der Waals surface area contributed by atoms with E-state index in [2.05, 4.69) is 17.0 Å². The number of hydrogen-bond acceptors (Lipinski definition) is 2. The van der Waals surface area contributed by atoms with Crippen molar-refractivity contribution in [3.8, 4) is 0 Å². The highest BCUT2D eigenvalue weighted by molar-refractivity contribution is 5.40. The molecule has 0 aliphatic carbocycles. The second kappa shape index (κ2) is 3.88. The van der Waals surface area contributed by atoms with E-state index < -0.39 is 0 Å². The molecule has 0 bridgehead atoms. The first-order valence-electron chi connectivity index (χ1n) is 5.35. The Bertz CT molecular complexity index is 524. The van der Waals surface area contributed by atoms with Gasteiger partial charge in [0.25, 0.3) is 5.56 Å². The summed E-state index contributed by atoms with van der Waals surface area (Å²) < 4.78 is 1.50. The van der Waals surface area contributed by atoms with Crippen molar-refractivity contribution in [1.82, 2.24) is 14.6 Å². The number of fused-ring (bicyclic) bond motifs is 1. The van der Waals surface area contributed by atoms with Crippen molar-refractivity contribution >= 4 is 5.65 Å². The Balaban J connectivity index is 2.59. The van der Waals surface area contributed by atoms with Crippen LogP contribution in [0, 0.1) is 0 Å². The molecule has 80 valence electrons. The van der Waals surface area contributed by atoms with Crippen molar-refractivity contribution in [2.75, 3.05) is 0 Å². The average Bonchev–Trinajstić information content (AvgIpc) is 2.61. The third kappa shape index (κ3) is 1.79. The maximum atomic E-state index is 11.7. The number of pyridine rings is 1. The molecule has 2 rings (SSSR count). The van der Waals surface area contributed by atoms with E-state index in [0.29, 0.717) is 0 Å². The first-order chi connectivity index (χ1) is 7.24. The van der Waals surface area contributed by atoms with Crippen LogP contribution in [0.15, 0.2) is 16.9 Å². The molecule has 2 heterocycles. The summed E-state index contributed by atoms with van der Waals surface area (Å²) in [6.45, 7) is 4.12. The van der Waals surface area contributed by atoms with Gasteiger partial charge in [0.05, 0.1) is 0 Å². The van der Waals surface area contributed by atoms with Crippen molar-refractivity contribution in [3.05, 3.63) is 33.9 Å². The summed E-state index contributed by atoms with van der Waals surface area (Å²) in [5.74, 6) is 0.878. The van der Waals surface area contributed by atoms with Crippen molar-refractivity contribution in [2.45, 2.75) is 33.1 Å². The van der Waals surface area contributed by atoms with Gasteiger partial charge in [0, 0.05) is 12.5 Å². The average molecular weight is 205 g/mol. The van der Waals surface area contributed by atoms with Crippen LogP contribution in [-0.2, 0) is 12.8 Å². The highest BCUT2D eigenvalue weighted by Gasteiger charge is 2.04. The van der Waals surface area contributed by atoms with Gasteiger partial charge < -0.3 is 0 Å². The quantitative estimate of drug-likeness (QED) is 0.826. The minimum Gasteiger partial charge on any atom is -0.276 e. The number of nitrogens with one attached hydrogen (secondary N) is 1. The van der Waals surface area contributed by atoms with Gasteiger partial charge in [-0.3, -0.25) is 9.89 Å². The zero-order valence-electron chi connectivity index (χ0n) is 9.08. The van der Waals surface area contributed by atoms with E-state index in [1.54, 1.807) is 6.07 Å². The van der Waals surface area contributed by atoms with Gasteiger partial charge in [0.15, 0.2) is 5.65 Å². The van der Waals surface area contributed by atoms with Crippen LogP contribution in [0.5, 0.6) is 0 Å². The van der Waals surface area contributed by atoms with Gasteiger partial charge in [-0.25, -0.2) is 9.50 Å². The zero-order valence-corrected chi connectivity index (χ0v) is 9.08. The molecule has 0 spiro atoms. The van der Waals surface area contributed by atoms with E-state index in [-0.39, 0.29) is 5.56 Å².